The highest BCUT2D eigenvalue weighted by atomic mass is 16.4. The van der Waals surface area contributed by atoms with Crippen LogP contribution in [-0.4, -0.2) is 26.8 Å². The zero-order valence-corrected chi connectivity index (χ0v) is 17.1. The fourth-order valence-corrected chi connectivity index (χ4v) is 3.59. The number of amides is 1. The molecule has 0 aliphatic carbocycles. The van der Waals surface area contributed by atoms with Crippen molar-refractivity contribution in [1.82, 2.24) is 15.1 Å². The van der Waals surface area contributed by atoms with Gasteiger partial charge in [0.25, 0.3) is 0 Å². The summed E-state index contributed by atoms with van der Waals surface area (Å²) < 4.78 is 1.80. The zero-order chi connectivity index (χ0) is 21.1. The third-order valence-corrected chi connectivity index (χ3v) is 4.91. The Hall–Kier alpha value is -3.41. The molecular formula is C23H25N3O3. The molecule has 1 unspecified atom stereocenters. The monoisotopic (exact) mass is 391 g/mol. The molecule has 1 atom stereocenters. The number of hydrogen-bond donors (Lipinski definition) is 2. The Morgan fingerprint density at radius 2 is 1.66 bits per heavy atom. The highest BCUT2D eigenvalue weighted by molar-refractivity contribution is 5.86. The number of nitrogens with zero attached hydrogens (tertiary/aromatic N) is 2. The van der Waals surface area contributed by atoms with Crippen molar-refractivity contribution in [1.29, 1.82) is 0 Å². The fourth-order valence-electron chi connectivity index (χ4n) is 3.59. The van der Waals surface area contributed by atoms with Gasteiger partial charge in [0.2, 0.25) is 5.91 Å². The number of carbonyl (C=O) groups excluding carboxylic acids is 1. The zero-order valence-electron chi connectivity index (χ0n) is 17.1. The van der Waals surface area contributed by atoms with Gasteiger partial charge >= 0.3 is 5.97 Å². The van der Waals surface area contributed by atoms with Crippen LogP contribution in [0.4, 0.5) is 0 Å². The lowest BCUT2D eigenvalue weighted by Gasteiger charge is -2.16. The summed E-state index contributed by atoms with van der Waals surface area (Å²) in [5.41, 5.74) is 5.81. The van der Waals surface area contributed by atoms with E-state index in [1.807, 2.05) is 64.1 Å². The van der Waals surface area contributed by atoms with E-state index >= 15 is 0 Å². The van der Waals surface area contributed by atoms with E-state index in [0.717, 1.165) is 33.8 Å². The molecule has 6 heteroatoms. The standard InChI is InChI=1S/C23H25N3O3/c1-14-10-15(2)12-18(11-14)22(23(28)29)24-21(27)13-20-16(3)25-26(17(20)4)19-8-6-5-7-9-19/h5-12,22H,13H2,1-4H3,(H,24,27)(H,28,29). The van der Waals surface area contributed by atoms with Crippen molar-refractivity contribution < 1.29 is 14.7 Å². The van der Waals surface area contributed by atoms with Crippen LogP contribution in [0.3, 0.4) is 0 Å². The summed E-state index contributed by atoms with van der Waals surface area (Å²) in [6.07, 6.45) is 0.0685. The van der Waals surface area contributed by atoms with Crippen LogP contribution in [0, 0.1) is 27.7 Å². The van der Waals surface area contributed by atoms with Crippen LogP contribution in [0.5, 0.6) is 0 Å². The Balaban J connectivity index is 1.83. The lowest BCUT2D eigenvalue weighted by molar-refractivity contribution is -0.141. The third-order valence-electron chi connectivity index (χ3n) is 4.91. The van der Waals surface area contributed by atoms with E-state index in [-0.39, 0.29) is 12.3 Å². The van der Waals surface area contributed by atoms with Gasteiger partial charge in [-0.2, -0.15) is 5.10 Å². The highest BCUT2D eigenvalue weighted by Gasteiger charge is 2.24. The minimum Gasteiger partial charge on any atom is -0.479 e. The van der Waals surface area contributed by atoms with Crippen molar-refractivity contribution in [2.24, 2.45) is 0 Å². The van der Waals surface area contributed by atoms with Crippen LogP contribution in [-0.2, 0) is 16.0 Å². The molecule has 0 aliphatic rings. The average Bonchev–Trinajstić information content (AvgIpc) is 2.94. The molecule has 3 rings (SSSR count). The summed E-state index contributed by atoms with van der Waals surface area (Å²) in [7, 11) is 0. The van der Waals surface area contributed by atoms with E-state index in [9.17, 15) is 14.7 Å². The first-order chi connectivity index (χ1) is 13.8. The molecule has 0 saturated heterocycles. The Morgan fingerprint density at radius 3 is 2.24 bits per heavy atom. The summed E-state index contributed by atoms with van der Waals surface area (Å²) in [5.74, 6) is -1.44. The Morgan fingerprint density at radius 1 is 1.03 bits per heavy atom. The summed E-state index contributed by atoms with van der Waals surface area (Å²) in [6.45, 7) is 7.58. The van der Waals surface area contributed by atoms with Gasteiger partial charge in [-0.15, -0.1) is 0 Å². The number of aliphatic carboxylic acids is 1. The van der Waals surface area contributed by atoms with Crippen molar-refractivity contribution in [3.8, 4) is 5.69 Å². The van der Waals surface area contributed by atoms with Crippen LogP contribution in [0.25, 0.3) is 5.69 Å². The number of carbonyl (C=O) groups is 2. The van der Waals surface area contributed by atoms with Crippen molar-refractivity contribution in [2.45, 2.75) is 40.2 Å². The van der Waals surface area contributed by atoms with Crippen molar-refractivity contribution >= 4 is 11.9 Å². The van der Waals surface area contributed by atoms with Gasteiger partial charge in [-0.1, -0.05) is 47.5 Å². The molecule has 1 aromatic heterocycles. The van der Waals surface area contributed by atoms with E-state index in [4.69, 9.17) is 0 Å². The quantitative estimate of drug-likeness (QED) is 0.673. The molecule has 3 aromatic rings. The van der Waals surface area contributed by atoms with Gasteiger partial charge in [-0.3, -0.25) is 4.79 Å². The second-order valence-corrected chi connectivity index (χ2v) is 7.33. The van der Waals surface area contributed by atoms with Crippen LogP contribution in [0.15, 0.2) is 48.5 Å². The molecular weight excluding hydrogens is 366 g/mol. The van der Waals surface area contributed by atoms with Crippen molar-refractivity contribution in [2.75, 3.05) is 0 Å². The number of aromatic nitrogens is 2. The smallest absolute Gasteiger partial charge is 0.330 e. The molecule has 0 radical (unpaired) electrons. The molecule has 150 valence electrons. The molecule has 0 fully saturated rings. The third kappa shape index (κ3) is 4.54. The number of aryl methyl sites for hydroxylation is 3. The van der Waals surface area contributed by atoms with Crippen LogP contribution in [0.2, 0.25) is 0 Å². The molecule has 0 spiro atoms. The SMILES string of the molecule is Cc1cc(C)cc(C(NC(=O)Cc2c(C)nn(-c3ccccc3)c2C)C(=O)O)c1. The lowest BCUT2D eigenvalue weighted by atomic mass is 10.0. The number of carboxylic acid groups (broad SMARTS) is 1. The summed E-state index contributed by atoms with van der Waals surface area (Å²) in [6, 6.07) is 14.1. The predicted octanol–water partition coefficient (Wildman–Crippen LogP) is 3.59. The van der Waals surface area contributed by atoms with E-state index in [0.29, 0.717) is 5.56 Å². The molecule has 2 N–H and O–H groups in total. The minimum atomic E-state index is -1.09. The fraction of sp³-hybridized carbons (Fsp3) is 0.261. The van der Waals surface area contributed by atoms with Gasteiger partial charge in [-0.05, 0) is 45.4 Å². The molecule has 0 aliphatic heterocycles. The molecule has 29 heavy (non-hydrogen) atoms. The molecule has 0 saturated carbocycles. The van der Waals surface area contributed by atoms with Crippen molar-refractivity contribution in [3.63, 3.8) is 0 Å². The topological polar surface area (TPSA) is 84.2 Å². The Kier molecular flexibility index (Phi) is 5.82. The van der Waals surface area contributed by atoms with E-state index in [2.05, 4.69) is 10.4 Å². The van der Waals surface area contributed by atoms with Gasteiger partial charge in [0.05, 0.1) is 17.8 Å². The average molecular weight is 391 g/mol. The van der Waals surface area contributed by atoms with Crippen molar-refractivity contribution in [3.05, 3.63) is 82.2 Å². The van der Waals surface area contributed by atoms with Gasteiger partial charge in [0.15, 0.2) is 6.04 Å². The molecule has 1 heterocycles. The largest absolute Gasteiger partial charge is 0.479 e. The van der Waals surface area contributed by atoms with Gasteiger partial charge in [-0.25, -0.2) is 9.48 Å². The predicted molar refractivity (Wildman–Crippen MR) is 111 cm³/mol. The summed E-state index contributed by atoms with van der Waals surface area (Å²) in [4.78, 5) is 24.5. The first-order valence-corrected chi connectivity index (χ1v) is 9.47. The summed E-state index contributed by atoms with van der Waals surface area (Å²) >= 11 is 0. The van der Waals surface area contributed by atoms with E-state index in [1.54, 1.807) is 16.8 Å². The molecule has 1 amide bonds. The number of para-hydroxylation sites is 1. The van der Waals surface area contributed by atoms with E-state index < -0.39 is 12.0 Å². The molecule has 2 aromatic carbocycles. The van der Waals surface area contributed by atoms with Gasteiger partial charge in [0.1, 0.15) is 0 Å². The Bertz CT molecular complexity index is 1030. The normalized spacial score (nSPS) is 11.9. The first-order valence-electron chi connectivity index (χ1n) is 9.47. The number of hydrogen-bond acceptors (Lipinski definition) is 3. The first kappa shape index (κ1) is 20.3. The van der Waals surface area contributed by atoms with E-state index in [1.165, 1.54) is 0 Å². The highest BCUT2D eigenvalue weighted by Crippen LogP contribution is 2.20. The number of carboxylic acids is 1. The second kappa shape index (κ2) is 8.31. The molecule has 6 nitrogen and oxygen atoms in total. The van der Waals surface area contributed by atoms with Gasteiger partial charge in [0, 0.05) is 11.3 Å². The van der Waals surface area contributed by atoms with Crippen LogP contribution in [0.1, 0.15) is 39.7 Å². The van der Waals surface area contributed by atoms with Crippen LogP contribution >= 0.6 is 0 Å². The maximum atomic E-state index is 12.7. The lowest BCUT2D eigenvalue weighted by Crippen LogP contribution is -2.35. The molecule has 0 bridgehead atoms. The summed E-state index contributed by atoms with van der Waals surface area (Å²) in [5, 5.41) is 16.9. The number of rotatable bonds is 6. The van der Waals surface area contributed by atoms with Gasteiger partial charge < -0.3 is 10.4 Å². The number of nitrogens with one attached hydrogen (secondary N) is 1. The maximum Gasteiger partial charge on any atom is 0.330 e. The Labute approximate surface area is 170 Å². The second-order valence-electron chi connectivity index (χ2n) is 7.33. The number of benzene rings is 2. The van der Waals surface area contributed by atoms with Crippen LogP contribution < -0.4 is 5.32 Å². The maximum absolute atomic E-state index is 12.7. The minimum absolute atomic E-state index is 0.0685.